The zero-order valence-corrected chi connectivity index (χ0v) is 30.8. The number of anilines is 1. The summed E-state index contributed by atoms with van der Waals surface area (Å²) in [5.74, 6) is 0.430. The highest BCUT2D eigenvalue weighted by Gasteiger charge is 2.36. The van der Waals surface area contributed by atoms with Crippen molar-refractivity contribution >= 4 is 56.9 Å². The van der Waals surface area contributed by atoms with Crippen LogP contribution in [-0.2, 0) is 16.1 Å². The molecule has 0 saturated carbocycles. The average Bonchev–Trinajstić information content (AvgIpc) is 3.52. The summed E-state index contributed by atoms with van der Waals surface area (Å²) in [5, 5.41) is 5.22. The molecular weight excluding hydrogens is 682 g/mol. The number of methoxy groups -OCH3 is 2. The van der Waals surface area contributed by atoms with E-state index in [4.69, 9.17) is 25.8 Å². The van der Waals surface area contributed by atoms with Gasteiger partial charge in [-0.05, 0) is 69.9 Å². The Balaban J connectivity index is 1.36. The van der Waals surface area contributed by atoms with E-state index in [2.05, 4.69) is 15.3 Å². The van der Waals surface area contributed by atoms with Gasteiger partial charge in [-0.25, -0.2) is 4.79 Å². The Hall–Kier alpha value is -5.29. The molecule has 1 aliphatic heterocycles. The number of ketones is 1. The van der Waals surface area contributed by atoms with Crippen LogP contribution in [0.15, 0.2) is 79.1 Å². The number of piperidine rings is 1. The fourth-order valence-corrected chi connectivity index (χ4v) is 6.82. The summed E-state index contributed by atoms with van der Waals surface area (Å²) in [4.78, 5) is 53.4. The minimum Gasteiger partial charge on any atom is -0.497 e. The SMILES string of the molecule is COc1ccc(CN(c2ccnc3ccccc23)C(C(=O)NCC2CCN(C(=O)OC(C)(C)C)CC2)C(=O)c2ccc3c(Cl)c[nH]c3c2)c(OC)c1. The molecule has 1 fully saturated rings. The van der Waals surface area contributed by atoms with E-state index in [1.807, 2.05) is 68.1 Å². The molecule has 52 heavy (non-hydrogen) atoms. The highest BCUT2D eigenvalue weighted by Crippen LogP contribution is 2.34. The summed E-state index contributed by atoms with van der Waals surface area (Å²) in [6.45, 7) is 7.06. The van der Waals surface area contributed by atoms with Crippen molar-refractivity contribution in [2.24, 2.45) is 5.92 Å². The molecule has 2 aromatic heterocycles. The van der Waals surface area contributed by atoms with Crippen LogP contribution in [0.2, 0.25) is 5.02 Å². The molecule has 1 saturated heterocycles. The number of hydrogen-bond acceptors (Lipinski definition) is 8. The summed E-state index contributed by atoms with van der Waals surface area (Å²) in [6, 6.07) is 18.9. The molecule has 3 aromatic carbocycles. The quantitative estimate of drug-likeness (QED) is 0.107. The molecule has 6 rings (SSSR count). The molecule has 11 nitrogen and oxygen atoms in total. The van der Waals surface area contributed by atoms with E-state index >= 15 is 0 Å². The number of ether oxygens (including phenoxy) is 3. The predicted molar refractivity (Wildman–Crippen MR) is 202 cm³/mol. The molecule has 1 atom stereocenters. The molecule has 2 amide bonds. The number of nitrogens with zero attached hydrogens (tertiary/aromatic N) is 3. The van der Waals surface area contributed by atoms with Gasteiger partial charge in [0.25, 0.3) is 5.91 Å². The summed E-state index contributed by atoms with van der Waals surface area (Å²) in [5.41, 5.74) is 2.58. The van der Waals surface area contributed by atoms with Crippen LogP contribution in [0.4, 0.5) is 10.5 Å². The van der Waals surface area contributed by atoms with Crippen LogP contribution in [-0.4, -0.2) is 78.1 Å². The Morgan fingerprint density at radius 2 is 1.77 bits per heavy atom. The normalized spacial score (nSPS) is 14.2. The maximum atomic E-state index is 14.8. The molecule has 0 aliphatic carbocycles. The standard InChI is InChI=1S/C40H44ClN5O6/c1-40(2,3)52-39(49)45-18-15-25(16-19-45)22-44-38(48)36(37(47)26-11-13-29-31(41)23-43-33(29)20-26)46(24-27-10-12-28(50-4)21-35(27)51-5)34-14-17-42-32-9-7-6-8-30(32)34/h6-14,17,20-21,23,25,36,43H,15-16,18-19,22,24H2,1-5H3,(H,44,48). The number of aromatic nitrogens is 2. The smallest absolute Gasteiger partial charge is 0.410 e. The van der Waals surface area contributed by atoms with Gasteiger partial charge >= 0.3 is 6.09 Å². The molecule has 0 radical (unpaired) electrons. The number of amides is 2. The molecule has 0 bridgehead atoms. The lowest BCUT2D eigenvalue weighted by atomic mass is 9.95. The molecule has 1 unspecified atom stereocenters. The summed E-state index contributed by atoms with van der Waals surface area (Å²) in [6.07, 6.45) is 4.38. The van der Waals surface area contributed by atoms with E-state index in [0.29, 0.717) is 65.8 Å². The summed E-state index contributed by atoms with van der Waals surface area (Å²) < 4.78 is 16.8. The largest absolute Gasteiger partial charge is 0.497 e. The van der Waals surface area contributed by atoms with Gasteiger partial charge in [-0.3, -0.25) is 14.6 Å². The van der Waals surface area contributed by atoms with E-state index in [-0.39, 0.29) is 18.6 Å². The van der Waals surface area contributed by atoms with Gasteiger partial charge in [-0.1, -0.05) is 41.9 Å². The van der Waals surface area contributed by atoms with Gasteiger partial charge in [-0.2, -0.15) is 0 Å². The third-order valence-corrected chi connectivity index (χ3v) is 9.64. The van der Waals surface area contributed by atoms with Crippen LogP contribution in [0.3, 0.4) is 0 Å². The monoisotopic (exact) mass is 725 g/mol. The van der Waals surface area contributed by atoms with Gasteiger partial charge in [0.2, 0.25) is 0 Å². The van der Waals surface area contributed by atoms with Gasteiger partial charge < -0.3 is 34.3 Å². The van der Waals surface area contributed by atoms with Crippen molar-refractivity contribution in [2.75, 3.05) is 38.8 Å². The first-order valence-corrected chi connectivity index (χ1v) is 17.7. The highest BCUT2D eigenvalue weighted by atomic mass is 35.5. The van der Waals surface area contributed by atoms with Gasteiger partial charge in [0.1, 0.15) is 17.1 Å². The second-order valence-corrected chi connectivity index (χ2v) is 14.4. The summed E-state index contributed by atoms with van der Waals surface area (Å²) in [7, 11) is 3.16. The maximum Gasteiger partial charge on any atom is 0.410 e. The van der Waals surface area contributed by atoms with Crippen LogP contribution in [0.1, 0.15) is 49.5 Å². The van der Waals surface area contributed by atoms with Crippen molar-refractivity contribution in [3.05, 3.63) is 95.3 Å². The number of benzene rings is 3. The molecule has 3 heterocycles. The van der Waals surface area contributed by atoms with Crippen molar-refractivity contribution < 1.29 is 28.6 Å². The number of Topliss-reactive ketones (excluding diaryl/α,β-unsaturated/α-hetero) is 1. The number of carbonyl (C=O) groups excluding carboxylic acids is 3. The van der Waals surface area contributed by atoms with Gasteiger partial charge in [0.15, 0.2) is 11.8 Å². The first kappa shape index (κ1) is 36.5. The number of hydrogen-bond donors (Lipinski definition) is 2. The number of fused-ring (bicyclic) bond motifs is 2. The molecule has 12 heteroatoms. The number of nitrogens with one attached hydrogen (secondary N) is 2. The fraction of sp³-hybridized carbons (Fsp3) is 0.350. The highest BCUT2D eigenvalue weighted by molar-refractivity contribution is 6.35. The molecule has 2 N–H and O–H groups in total. The number of H-pyrrole nitrogens is 1. The molecule has 5 aromatic rings. The maximum absolute atomic E-state index is 14.8. The molecule has 0 spiro atoms. The predicted octanol–water partition coefficient (Wildman–Crippen LogP) is 7.41. The minimum atomic E-state index is -1.29. The lowest BCUT2D eigenvalue weighted by molar-refractivity contribution is -0.121. The van der Waals surface area contributed by atoms with Gasteiger partial charge in [0.05, 0.1) is 24.8 Å². The number of aromatic amines is 1. The Morgan fingerprint density at radius 1 is 1.00 bits per heavy atom. The van der Waals surface area contributed by atoms with E-state index < -0.39 is 23.3 Å². The van der Waals surface area contributed by atoms with Crippen molar-refractivity contribution in [1.82, 2.24) is 20.2 Å². The Kier molecular flexibility index (Phi) is 10.9. The number of carbonyl (C=O) groups is 3. The Morgan fingerprint density at radius 3 is 2.50 bits per heavy atom. The van der Waals surface area contributed by atoms with Gasteiger partial charge in [-0.15, -0.1) is 0 Å². The molecular formula is C40H44ClN5O6. The second-order valence-electron chi connectivity index (χ2n) is 14.0. The number of halogens is 1. The van der Waals surface area contributed by atoms with Crippen LogP contribution in [0.5, 0.6) is 11.5 Å². The van der Waals surface area contributed by atoms with Crippen LogP contribution in [0.25, 0.3) is 21.8 Å². The summed E-state index contributed by atoms with van der Waals surface area (Å²) >= 11 is 6.37. The number of rotatable bonds is 11. The molecule has 272 valence electrons. The number of pyridine rings is 1. The van der Waals surface area contributed by atoms with Crippen molar-refractivity contribution in [3.63, 3.8) is 0 Å². The fourth-order valence-electron chi connectivity index (χ4n) is 6.60. The zero-order chi connectivity index (χ0) is 37.0. The first-order chi connectivity index (χ1) is 25.0. The third-order valence-electron chi connectivity index (χ3n) is 9.33. The topological polar surface area (TPSA) is 126 Å². The van der Waals surface area contributed by atoms with Crippen LogP contribution < -0.4 is 19.7 Å². The number of para-hydroxylation sites is 1. The minimum absolute atomic E-state index is 0.104. The lowest BCUT2D eigenvalue weighted by Crippen LogP contribution is -2.53. The van der Waals surface area contributed by atoms with Crippen LogP contribution >= 0.6 is 11.6 Å². The Labute approximate surface area is 308 Å². The molecule has 1 aliphatic rings. The third kappa shape index (κ3) is 8.10. The van der Waals surface area contributed by atoms with E-state index in [1.54, 1.807) is 55.8 Å². The van der Waals surface area contributed by atoms with Gasteiger partial charge in [0, 0.05) is 77.7 Å². The zero-order valence-electron chi connectivity index (χ0n) is 30.1. The van der Waals surface area contributed by atoms with Crippen molar-refractivity contribution in [3.8, 4) is 11.5 Å². The van der Waals surface area contributed by atoms with E-state index in [0.717, 1.165) is 21.9 Å². The first-order valence-electron chi connectivity index (χ1n) is 17.3. The van der Waals surface area contributed by atoms with E-state index in [9.17, 15) is 14.4 Å². The van der Waals surface area contributed by atoms with Crippen LogP contribution in [0, 0.1) is 5.92 Å². The lowest BCUT2D eigenvalue weighted by Gasteiger charge is -2.35. The average molecular weight is 726 g/mol. The Bertz CT molecular complexity index is 2080. The second kappa shape index (κ2) is 15.5. The van der Waals surface area contributed by atoms with Crippen molar-refractivity contribution in [1.29, 1.82) is 0 Å². The van der Waals surface area contributed by atoms with E-state index in [1.165, 1.54) is 0 Å². The van der Waals surface area contributed by atoms with Crippen molar-refractivity contribution in [2.45, 2.75) is 51.8 Å². The number of likely N-dealkylation sites (tertiary alicyclic amines) is 1.